The first-order chi connectivity index (χ1) is 16.7. The van der Waals surface area contributed by atoms with Gasteiger partial charge in [0, 0.05) is 17.4 Å². The highest BCUT2D eigenvalue weighted by atomic mass is 32.1. The van der Waals surface area contributed by atoms with Crippen molar-refractivity contribution in [3.8, 4) is 16.9 Å². The van der Waals surface area contributed by atoms with Gasteiger partial charge in [0.1, 0.15) is 22.1 Å². The van der Waals surface area contributed by atoms with Crippen LogP contribution in [0.25, 0.3) is 11.1 Å². The Hall–Kier alpha value is -3.19. The molecule has 0 spiro atoms. The molecule has 1 aromatic heterocycles. The standard InChI is InChI=1S/C28H32FNO4S/c1-5-28(3,4)20-11-15-22(16-12-20)34-17-7-8-24(31)30-26-25(27(32)33-6-2)23(18-35-26)19-9-13-21(29)14-10-19/h9-16,18H,5-8,17H2,1-4H3,(H,30,31). The SMILES string of the molecule is CCOC(=O)c1c(-c2ccc(F)cc2)csc1NC(=O)CCCOc1ccc(C(C)(C)CC)cc1. The molecule has 1 N–H and O–H groups in total. The predicted molar refractivity (Wildman–Crippen MR) is 139 cm³/mol. The minimum atomic E-state index is -0.526. The number of hydrogen-bond acceptors (Lipinski definition) is 5. The Kier molecular flexibility index (Phi) is 9.04. The zero-order valence-corrected chi connectivity index (χ0v) is 21.5. The third kappa shape index (κ3) is 6.92. The van der Waals surface area contributed by atoms with E-state index in [9.17, 15) is 14.0 Å². The van der Waals surface area contributed by atoms with Gasteiger partial charge in [-0.05, 0) is 60.6 Å². The molecule has 3 aromatic rings. The molecule has 35 heavy (non-hydrogen) atoms. The van der Waals surface area contributed by atoms with Gasteiger partial charge >= 0.3 is 5.97 Å². The number of esters is 1. The van der Waals surface area contributed by atoms with E-state index in [2.05, 4.69) is 38.2 Å². The summed E-state index contributed by atoms with van der Waals surface area (Å²) in [6, 6.07) is 13.9. The van der Waals surface area contributed by atoms with Gasteiger partial charge in [-0.3, -0.25) is 4.79 Å². The van der Waals surface area contributed by atoms with E-state index in [1.807, 2.05) is 12.1 Å². The third-order valence-electron chi connectivity index (χ3n) is 6.02. The van der Waals surface area contributed by atoms with Crippen molar-refractivity contribution in [3.63, 3.8) is 0 Å². The summed E-state index contributed by atoms with van der Waals surface area (Å²) >= 11 is 1.24. The van der Waals surface area contributed by atoms with Gasteiger partial charge in [0.25, 0.3) is 0 Å². The van der Waals surface area contributed by atoms with Gasteiger partial charge in [-0.25, -0.2) is 9.18 Å². The summed E-state index contributed by atoms with van der Waals surface area (Å²) in [5, 5.41) is 5.01. The first-order valence-electron chi connectivity index (χ1n) is 11.8. The van der Waals surface area contributed by atoms with Crippen molar-refractivity contribution in [1.29, 1.82) is 0 Å². The molecule has 186 valence electrons. The number of carbonyl (C=O) groups is 2. The number of thiophene rings is 1. The van der Waals surface area contributed by atoms with Crippen molar-refractivity contribution >= 4 is 28.2 Å². The van der Waals surface area contributed by atoms with E-state index in [1.165, 1.54) is 29.0 Å². The lowest BCUT2D eigenvalue weighted by Crippen LogP contribution is -2.15. The average Bonchev–Trinajstić information content (AvgIpc) is 3.26. The third-order valence-corrected chi connectivity index (χ3v) is 6.91. The highest BCUT2D eigenvalue weighted by molar-refractivity contribution is 7.15. The van der Waals surface area contributed by atoms with Crippen LogP contribution in [0.15, 0.2) is 53.9 Å². The Balaban J connectivity index is 1.58. The van der Waals surface area contributed by atoms with Crippen LogP contribution in [0.2, 0.25) is 0 Å². The Labute approximate surface area is 210 Å². The van der Waals surface area contributed by atoms with E-state index >= 15 is 0 Å². The molecule has 0 saturated carbocycles. The second-order valence-corrected chi connectivity index (χ2v) is 9.72. The minimum absolute atomic E-state index is 0.122. The van der Waals surface area contributed by atoms with E-state index < -0.39 is 5.97 Å². The van der Waals surface area contributed by atoms with E-state index in [4.69, 9.17) is 9.47 Å². The molecule has 3 rings (SSSR count). The molecule has 1 heterocycles. The summed E-state index contributed by atoms with van der Waals surface area (Å²) in [5.41, 5.74) is 2.94. The zero-order chi connectivity index (χ0) is 25.4. The van der Waals surface area contributed by atoms with Crippen molar-refractivity contribution in [3.05, 3.63) is 70.9 Å². The summed E-state index contributed by atoms with van der Waals surface area (Å²) < 4.78 is 24.3. The molecule has 0 saturated heterocycles. The van der Waals surface area contributed by atoms with Gasteiger partial charge in [-0.2, -0.15) is 0 Å². The number of carbonyl (C=O) groups excluding carboxylic acids is 2. The van der Waals surface area contributed by atoms with Gasteiger partial charge < -0.3 is 14.8 Å². The summed E-state index contributed by atoms with van der Waals surface area (Å²) in [6.45, 7) is 8.93. The van der Waals surface area contributed by atoms with Crippen LogP contribution in [0.4, 0.5) is 9.39 Å². The van der Waals surface area contributed by atoms with E-state index in [1.54, 1.807) is 24.4 Å². The van der Waals surface area contributed by atoms with Crippen LogP contribution in [0.1, 0.15) is 62.9 Å². The van der Waals surface area contributed by atoms with Crippen molar-refractivity contribution in [2.24, 2.45) is 0 Å². The van der Waals surface area contributed by atoms with Crippen LogP contribution in [0.5, 0.6) is 5.75 Å². The number of ether oxygens (including phenoxy) is 2. The highest BCUT2D eigenvalue weighted by Gasteiger charge is 2.23. The molecule has 2 aromatic carbocycles. The predicted octanol–water partition coefficient (Wildman–Crippen LogP) is 7.22. The Bertz CT molecular complexity index is 1140. The van der Waals surface area contributed by atoms with Crippen molar-refractivity contribution in [2.75, 3.05) is 18.5 Å². The fourth-order valence-electron chi connectivity index (χ4n) is 3.52. The number of benzene rings is 2. The van der Waals surface area contributed by atoms with E-state index in [0.717, 1.165) is 12.2 Å². The Morgan fingerprint density at radius 1 is 1.03 bits per heavy atom. The quantitative estimate of drug-likeness (QED) is 0.224. The normalized spacial score (nSPS) is 11.2. The fraction of sp³-hybridized carbons (Fsp3) is 0.357. The van der Waals surface area contributed by atoms with E-state index in [0.29, 0.717) is 29.2 Å². The molecule has 0 aliphatic rings. The maximum atomic E-state index is 13.3. The topological polar surface area (TPSA) is 64.6 Å². The average molecular weight is 498 g/mol. The fourth-order valence-corrected chi connectivity index (χ4v) is 4.49. The molecule has 0 fully saturated rings. The van der Waals surface area contributed by atoms with Crippen LogP contribution < -0.4 is 10.1 Å². The monoisotopic (exact) mass is 497 g/mol. The first-order valence-corrected chi connectivity index (χ1v) is 12.7. The van der Waals surface area contributed by atoms with Gasteiger partial charge in [0.05, 0.1) is 13.2 Å². The van der Waals surface area contributed by atoms with E-state index in [-0.39, 0.29) is 35.7 Å². The molecule has 5 nitrogen and oxygen atoms in total. The summed E-state index contributed by atoms with van der Waals surface area (Å²) in [6.07, 6.45) is 1.82. The number of halogens is 1. The van der Waals surface area contributed by atoms with Crippen LogP contribution in [0.3, 0.4) is 0 Å². The lowest BCUT2D eigenvalue weighted by atomic mass is 9.82. The maximum absolute atomic E-state index is 13.3. The van der Waals surface area contributed by atoms with Crippen molar-refractivity contribution in [2.45, 2.75) is 52.4 Å². The number of hydrogen-bond donors (Lipinski definition) is 1. The van der Waals surface area contributed by atoms with Crippen LogP contribution in [-0.2, 0) is 14.9 Å². The van der Waals surface area contributed by atoms with Gasteiger partial charge in [-0.1, -0.05) is 45.0 Å². The second-order valence-electron chi connectivity index (χ2n) is 8.84. The number of amides is 1. The van der Waals surface area contributed by atoms with Crippen LogP contribution in [0, 0.1) is 5.82 Å². The van der Waals surface area contributed by atoms with Crippen LogP contribution in [-0.4, -0.2) is 25.1 Å². The molecule has 0 aliphatic heterocycles. The van der Waals surface area contributed by atoms with Gasteiger partial charge in [-0.15, -0.1) is 11.3 Å². The number of nitrogens with one attached hydrogen (secondary N) is 1. The first kappa shape index (κ1) is 26.4. The number of rotatable bonds is 11. The largest absolute Gasteiger partial charge is 0.494 e. The molecule has 7 heteroatoms. The molecule has 0 aliphatic carbocycles. The molecular formula is C28H32FNO4S. The zero-order valence-electron chi connectivity index (χ0n) is 20.7. The summed E-state index contributed by atoms with van der Waals surface area (Å²) in [7, 11) is 0. The lowest BCUT2D eigenvalue weighted by molar-refractivity contribution is -0.116. The number of anilines is 1. The second kappa shape index (κ2) is 12.0. The molecule has 0 radical (unpaired) electrons. The van der Waals surface area contributed by atoms with Crippen molar-refractivity contribution in [1.82, 2.24) is 0 Å². The molecule has 0 bridgehead atoms. The molecule has 0 atom stereocenters. The summed E-state index contributed by atoms with van der Waals surface area (Å²) in [5.74, 6) is -0.334. The van der Waals surface area contributed by atoms with Crippen LogP contribution >= 0.6 is 11.3 Å². The maximum Gasteiger partial charge on any atom is 0.341 e. The smallest absolute Gasteiger partial charge is 0.341 e. The lowest BCUT2D eigenvalue weighted by Gasteiger charge is -2.23. The van der Waals surface area contributed by atoms with Gasteiger partial charge in [0.15, 0.2) is 0 Å². The van der Waals surface area contributed by atoms with Gasteiger partial charge in [0.2, 0.25) is 5.91 Å². The highest BCUT2D eigenvalue weighted by Crippen LogP contribution is 2.36. The molecule has 1 amide bonds. The summed E-state index contributed by atoms with van der Waals surface area (Å²) in [4.78, 5) is 25.2. The minimum Gasteiger partial charge on any atom is -0.494 e. The Morgan fingerprint density at radius 3 is 2.34 bits per heavy atom. The molecule has 0 unspecified atom stereocenters. The Morgan fingerprint density at radius 2 is 1.71 bits per heavy atom. The van der Waals surface area contributed by atoms with Crippen molar-refractivity contribution < 1.29 is 23.5 Å². The molecular weight excluding hydrogens is 465 g/mol.